The van der Waals surface area contributed by atoms with Gasteiger partial charge in [-0.05, 0) is 36.4 Å². The molecule has 0 bridgehead atoms. The summed E-state index contributed by atoms with van der Waals surface area (Å²) in [7, 11) is 1.67. The largest absolute Gasteiger partial charge is 0.497 e. The van der Waals surface area contributed by atoms with Crippen LogP contribution in [0.25, 0.3) is 28.3 Å². The van der Waals surface area contributed by atoms with Gasteiger partial charge < -0.3 is 4.74 Å². The Morgan fingerprint density at radius 1 is 0.957 bits per heavy atom. The molecule has 3 aromatic heterocycles. The zero-order chi connectivity index (χ0) is 15.6. The maximum atomic E-state index is 5.33. The zero-order valence-electron chi connectivity index (χ0n) is 12.7. The number of rotatable bonds is 3. The van der Waals surface area contributed by atoms with E-state index < -0.39 is 0 Å². The zero-order valence-corrected chi connectivity index (χ0v) is 12.7. The van der Waals surface area contributed by atoms with Gasteiger partial charge in [-0.15, -0.1) is 0 Å². The number of hydrogen-bond donors (Lipinski definition) is 0. The fourth-order valence-electron chi connectivity index (χ4n) is 2.69. The topological polar surface area (TPSA) is 39.4 Å². The first-order valence-electron chi connectivity index (χ1n) is 7.40. The summed E-state index contributed by atoms with van der Waals surface area (Å²) in [6.45, 7) is 0. The number of pyridine rings is 2. The average molecular weight is 301 g/mol. The number of methoxy groups -OCH3 is 1. The Morgan fingerprint density at radius 2 is 1.87 bits per heavy atom. The Bertz CT molecular complexity index is 961. The number of aromatic nitrogens is 3. The number of hydrogen-bond acceptors (Lipinski definition) is 3. The molecule has 3 heterocycles. The van der Waals surface area contributed by atoms with Crippen molar-refractivity contribution < 1.29 is 4.74 Å². The van der Waals surface area contributed by atoms with Crippen molar-refractivity contribution in [3.05, 3.63) is 73.1 Å². The van der Waals surface area contributed by atoms with Crippen molar-refractivity contribution in [2.75, 3.05) is 7.11 Å². The summed E-state index contributed by atoms with van der Waals surface area (Å²) in [5.41, 5.74) is 3.78. The fourth-order valence-corrected chi connectivity index (χ4v) is 2.69. The lowest BCUT2D eigenvalue weighted by molar-refractivity contribution is 0.415. The number of fused-ring (bicyclic) bond motifs is 1. The van der Waals surface area contributed by atoms with Crippen LogP contribution in [0.15, 0.2) is 73.1 Å². The summed E-state index contributed by atoms with van der Waals surface area (Å²) >= 11 is 0. The van der Waals surface area contributed by atoms with Crippen molar-refractivity contribution in [1.82, 2.24) is 14.4 Å². The second kappa shape index (κ2) is 5.57. The van der Waals surface area contributed by atoms with Gasteiger partial charge >= 0.3 is 0 Å². The fraction of sp³-hybridized carbons (Fsp3) is 0.0526. The van der Waals surface area contributed by atoms with E-state index in [1.165, 1.54) is 0 Å². The molecule has 0 radical (unpaired) electrons. The molecule has 4 nitrogen and oxygen atoms in total. The molecule has 23 heavy (non-hydrogen) atoms. The lowest BCUT2D eigenvalue weighted by Crippen LogP contribution is -1.89. The maximum Gasteiger partial charge on any atom is 0.145 e. The van der Waals surface area contributed by atoms with Gasteiger partial charge in [0.1, 0.15) is 17.3 Å². The van der Waals surface area contributed by atoms with Crippen molar-refractivity contribution >= 4 is 5.52 Å². The van der Waals surface area contributed by atoms with Crippen LogP contribution in [0.5, 0.6) is 5.75 Å². The molecule has 0 aliphatic rings. The maximum absolute atomic E-state index is 5.33. The van der Waals surface area contributed by atoms with Crippen molar-refractivity contribution in [2.45, 2.75) is 0 Å². The minimum Gasteiger partial charge on any atom is -0.497 e. The van der Waals surface area contributed by atoms with E-state index in [1.807, 2.05) is 60.8 Å². The van der Waals surface area contributed by atoms with Crippen molar-refractivity contribution in [3.63, 3.8) is 0 Å². The van der Waals surface area contributed by atoms with Crippen LogP contribution in [0.4, 0.5) is 0 Å². The van der Waals surface area contributed by atoms with E-state index >= 15 is 0 Å². The minimum atomic E-state index is 0.814. The third-order valence-electron chi connectivity index (χ3n) is 3.78. The third kappa shape index (κ3) is 2.34. The molecule has 0 spiro atoms. The molecule has 0 aliphatic heterocycles. The predicted octanol–water partition coefficient (Wildman–Crippen LogP) is 4.07. The van der Waals surface area contributed by atoms with E-state index in [9.17, 15) is 0 Å². The average Bonchev–Trinajstić information content (AvgIpc) is 3.02. The molecule has 1 aromatic carbocycles. The Balaban J connectivity index is 1.98. The molecule has 0 amide bonds. The summed E-state index contributed by atoms with van der Waals surface area (Å²) in [6.07, 6.45) is 3.80. The highest BCUT2D eigenvalue weighted by Gasteiger charge is 2.14. The lowest BCUT2D eigenvalue weighted by atomic mass is 10.2. The molecule has 0 N–H and O–H groups in total. The monoisotopic (exact) mass is 301 g/mol. The van der Waals surface area contributed by atoms with Gasteiger partial charge in [-0.2, -0.15) is 0 Å². The van der Waals surface area contributed by atoms with Crippen LogP contribution in [-0.2, 0) is 0 Å². The first-order chi connectivity index (χ1) is 11.4. The molecule has 0 aliphatic carbocycles. The second-order valence-corrected chi connectivity index (χ2v) is 5.19. The van der Waals surface area contributed by atoms with Crippen LogP contribution >= 0.6 is 0 Å². The number of benzene rings is 1. The molecule has 0 saturated heterocycles. The first-order valence-corrected chi connectivity index (χ1v) is 7.40. The highest BCUT2D eigenvalue weighted by molar-refractivity contribution is 5.79. The van der Waals surface area contributed by atoms with Gasteiger partial charge in [0, 0.05) is 18.0 Å². The van der Waals surface area contributed by atoms with E-state index in [-0.39, 0.29) is 0 Å². The highest BCUT2D eigenvalue weighted by atomic mass is 16.5. The number of ether oxygens (including phenoxy) is 1. The predicted molar refractivity (Wildman–Crippen MR) is 90.4 cm³/mol. The van der Waals surface area contributed by atoms with Crippen LogP contribution < -0.4 is 4.74 Å². The first kappa shape index (κ1) is 13.5. The Morgan fingerprint density at radius 3 is 2.70 bits per heavy atom. The standard InChI is InChI=1S/C19H15N3O/c1-23-15-8-6-7-14(13-15)19-21-18(16-9-2-4-11-20-16)17-10-3-5-12-22(17)19/h2-13H,1H3. The van der Waals surface area contributed by atoms with Gasteiger partial charge in [-0.3, -0.25) is 9.38 Å². The minimum absolute atomic E-state index is 0.814. The highest BCUT2D eigenvalue weighted by Crippen LogP contribution is 2.29. The summed E-state index contributed by atoms with van der Waals surface area (Å²) in [6, 6.07) is 19.9. The van der Waals surface area contributed by atoms with Gasteiger partial charge in [0.15, 0.2) is 0 Å². The molecule has 4 heteroatoms. The second-order valence-electron chi connectivity index (χ2n) is 5.19. The molecule has 112 valence electrons. The quantitative estimate of drug-likeness (QED) is 0.572. The molecule has 4 rings (SSSR count). The van der Waals surface area contributed by atoms with Crippen LogP contribution in [0.3, 0.4) is 0 Å². The van der Waals surface area contributed by atoms with Crippen molar-refractivity contribution in [2.24, 2.45) is 0 Å². The Kier molecular flexibility index (Phi) is 3.27. The molecular formula is C19H15N3O. The summed E-state index contributed by atoms with van der Waals surface area (Å²) in [4.78, 5) is 9.29. The summed E-state index contributed by atoms with van der Waals surface area (Å²) in [5.74, 6) is 1.69. The van der Waals surface area contributed by atoms with Gasteiger partial charge in [0.2, 0.25) is 0 Å². The Labute approximate surface area is 134 Å². The molecule has 4 aromatic rings. The van der Waals surface area contributed by atoms with Gasteiger partial charge in [-0.25, -0.2) is 4.98 Å². The van der Waals surface area contributed by atoms with Crippen LogP contribution in [0, 0.1) is 0 Å². The lowest BCUT2D eigenvalue weighted by Gasteiger charge is -2.03. The van der Waals surface area contributed by atoms with E-state index in [4.69, 9.17) is 9.72 Å². The van der Waals surface area contributed by atoms with Gasteiger partial charge in [0.25, 0.3) is 0 Å². The SMILES string of the molecule is COc1cccc(-c2nc(-c3ccccn3)c3ccccn23)c1. The molecule has 0 saturated carbocycles. The third-order valence-corrected chi connectivity index (χ3v) is 3.78. The molecule has 0 unspecified atom stereocenters. The van der Waals surface area contributed by atoms with Crippen LogP contribution in [0.1, 0.15) is 0 Å². The Hall–Kier alpha value is -3.14. The number of imidazole rings is 1. The van der Waals surface area contributed by atoms with Crippen LogP contribution in [-0.4, -0.2) is 21.5 Å². The smallest absolute Gasteiger partial charge is 0.145 e. The van der Waals surface area contributed by atoms with E-state index in [2.05, 4.69) is 15.5 Å². The molecule has 0 fully saturated rings. The van der Waals surface area contributed by atoms with E-state index in [0.29, 0.717) is 0 Å². The van der Waals surface area contributed by atoms with Gasteiger partial charge in [0.05, 0.1) is 18.3 Å². The number of nitrogens with zero attached hydrogens (tertiary/aromatic N) is 3. The van der Waals surface area contributed by atoms with Crippen molar-refractivity contribution in [1.29, 1.82) is 0 Å². The summed E-state index contributed by atoms with van der Waals surface area (Å²) < 4.78 is 7.41. The molecule has 0 atom stereocenters. The van der Waals surface area contributed by atoms with Gasteiger partial charge in [-0.1, -0.05) is 24.3 Å². The molecular weight excluding hydrogens is 286 g/mol. The normalized spacial score (nSPS) is 10.8. The summed E-state index contributed by atoms with van der Waals surface area (Å²) in [5, 5.41) is 0. The van der Waals surface area contributed by atoms with E-state index in [1.54, 1.807) is 13.3 Å². The van der Waals surface area contributed by atoms with Crippen LogP contribution in [0.2, 0.25) is 0 Å². The van der Waals surface area contributed by atoms with E-state index in [0.717, 1.165) is 34.0 Å². The van der Waals surface area contributed by atoms with Crippen molar-refractivity contribution in [3.8, 4) is 28.5 Å².